The summed E-state index contributed by atoms with van der Waals surface area (Å²) in [5.74, 6) is -3.61. The largest absolute Gasteiger partial charge is 0.478 e. The van der Waals surface area contributed by atoms with Crippen LogP contribution in [0.3, 0.4) is 0 Å². The fraction of sp³-hybridized carbons (Fsp3) is 0.400. The summed E-state index contributed by atoms with van der Waals surface area (Å²) in [4.78, 5) is 30.0. The molecule has 3 N–H and O–H groups in total. The summed E-state index contributed by atoms with van der Waals surface area (Å²) in [6, 6.07) is 0. The Hall–Kier alpha value is -2.37. The van der Waals surface area contributed by atoms with E-state index in [1.807, 2.05) is 13.8 Å². The topological polar surface area (TPSA) is 112 Å². The molecule has 0 aromatic carbocycles. The lowest BCUT2D eigenvalue weighted by Crippen LogP contribution is -2.09. The van der Waals surface area contributed by atoms with E-state index in [0.29, 0.717) is 6.08 Å². The number of hydrogen-bond donors (Lipinski definition) is 3. The Morgan fingerprint density at radius 2 is 1.19 bits per heavy atom. The highest BCUT2D eigenvalue weighted by Gasteiger charge is 2.12. The lowest BCUT2D eigenvalue weighted by atomic mass is 10.0. The van der Waals surface area contributed by atoms with E-state index in [0.717, 1.165) is 0 Å². The molecule has 0 aromatic heterocycles. The number of hydrogen-bond acceptors (Lipinski definition) is 3. The van der Waals surface area contributed by atoms with Crippen molar-refractivity contribution in [2.75, 3.05) is 0 Å². The first kappa shape index (κ1) is 23.7. The van der Waals surface area contributed by atoms with Crippen molar-refractivity contribution in [1.29, 1.82) is 0 Å². The Bertz CT molecular complexity index is 413. The van der Waals surface area contributed by atoms with E-state index in [1.54, 1.807) is 13.8 Å². The number of carbonyl (C=O) groups is 3. The third-order valence-corrected chi connectivity index (χ3v) is 1.51. The van der Waals surface area contributed by atoms with Gasteiger partial charge in [-0.05, 0) is 26.7 Å². The third kappa shape index (κ3) is 23.2. The van der Waals surface area contributed by atoms with Crippen molar-refractivity contribution < 1.29 is 29.7 Å². The third-order valence-electron chi connectivity index (χ3n) is 1.51. The molecule has 0 atom stereocenters. The maximum Gasteiger partial charge on any atom is 0.332 e. The molecule has 6 nitrogen and oxygen atoms in total. The standard InChI is InChI=1S/C7H10O4.C4H6O2.C4H8/c1-4(2)5(7(10)11)3-6(8)9;1-3(2)4(5)6;1-4(2)3/h3-4H,1-2H3,(H,8,9)(H,10,11);1H2,2H3,(H,5,6);1H2,2-3H3. The lowest BCUT2D eigenvalue weighted by molar-refractivity contribution is -0.135. The molecule has 120 valence electrons. The first-order valence-electron chi connectivity index (χ1n) is 6.01. The van der Waals surface area contributed by atoms with Crippen LogP contribution < -0.4 is 0 Å². The van der Waals surface area contributed by atoms with Gasteiger partial charge >= 0.3 is 17.9 Å². The van der Waals surface area contributed by atoms with E-state index in [1.165, 1.54) is 12.5 Å². The highest BCUT2D eigenvalue weighted by molar-refractivity contribution is 5.94. The average Bonchev–Trinajstić information content (AvgIpc) is 2.24. The Kier molecular flexibility index (Phi) is 14.3. The molecule has 0 fully saturated rings. The van der Waals surface area contributed by atoms with E-state index in [9.17, 15) is 14.4 Å². The molecule has 0 saturated carbocycles. The van der Waals surface area contributed by atoms with E-state index >= 15 is 0 Å². The minimum absolute atomic E-state index is 0.0856. The molecule has 0 rings (SSSR count). The second kappa shape index (κ2) is 12.7. The number of aliphatic carboxylic acids is 3. The lowest BCUT2D eigenvalue weighted by Gasteiger charge is -2.02. The van der Waals surface area contributed by atoms with Crippen LogP contribution in [0.5, 0.6) is 0 Å². The summed E-state index contributed by atoms with van der Waals surface area (Å²) in [6.45, 7) is 15.4. The van der Waals surface area contributed by atoms with Crippen LogP contribution in [0.4, 0.5) is 0 Å². The van der Waals surface area contributed by atoms with E-state index < -0.39 is 17.9 Å². The van der Waals surface area contributed by atoms with Gasteiger partial charge in [0.15, 0.2) is 0 Å². The molecule has 0 spiro atoms. The van der Waals surface area contributed by atoms with Crippen LogP contribution in [0.2, 0.25) is 0 Å². The monoisotopic (exact) mass is 300 g/mol. The molecule has 0 aliphatic heterocycles. The van der Waals surface area contributed by atoms with Gasteiger partial charge in [0, 0.05) is 17.2 Å². The maximum atomic E-state index is 10.3. The smallest absolute Gasteiger partial charge is 0.332 e. The molecule has 0 saturated heterocycles. The van der Waals surface area contributed by atoms with Gasteiger partial charge in [-0.25, -0.2) is 14.4 Å². The van der Waals surface area contributed by atoms with Crippen molar-refractivity contribution in [2.45, 2.75) is 34.6 Å². The molecule has 0 aliphatic carbocycles. The van der Waals surface area contributed by atoms with Crippen LogP contribution >= 0.6 is 0 Å². The van der Waals surface area contributed by atoms with Crippen molar-refractivity contribution in [3.63, 3.8) is 0 Å². The van der Waals surface area contributed by atoms with Gasteiger partial charge in [-0.2, -0.15) is 0 Å². The maximum absolute atomic E-state index is 10.3. The van der Waals surface area contributed by atoms with E-state index in [4.69, 9.17) is 15.3 Å². The van der Waals surface area contributed by atoms with E-state index in [-0.39, 0.29) is 17.1 Å². The molecule has 21 heavy (non-hydrogen) atoms. The highest BCUT2D eigenvalue weighted by atomic mass is 16.4. The predicted octanol–water partition coefficient (Wildman–Crippen LogP) is 2.97. The van der Waals surface area contributed by atoms with Crippen molar-refractivity contribution in [3.05, 3.63) is 36.0 Å². The Morgan fingerprint density at radius 1 is 0.905 bits per heavy atom. The van der Waals surface area contributed by atoms with Gasteiger partial charge in [0.25, 0.3) is 0 Å². The Balaban J connectivity index is -0.000000272. The zero-order chi connectivity index (χ0) is 17.7. The molecule has 0 aliphatic rings. The number of allylic oxidation sites excluding steroid dienone is 1. The van der Waals surface area contributed by atoms with E-state index in [2.05, 4.69) is 13.2 Å². The van der Waals surface area contributed by atoms with Gasteiger partial charge in [-0.3, -0.25) is 0 Å². The van der Waals surface area contributed by atoms with Gasteiger partial charge in [0.05, 0.1) is 0 Å². The van der Waals surface area contributed by atoms with Crippen molar-refractivity contribution in [2.24, 2.45) is 5.92 Å². The van der Waals surface area contributed by atoms with Gasteiger partial charge < -0.3 is 15.3 Å². The number of carboxylic acids is 3. The van der Waals surface area contributed by atoms with Gasteiger partial charge in [-0.1, -0.05) is 26.0 Å². The zero-order valence-electron chi connectivity index (χ0n) is 13.1. The van der Waals surface area contributed by atoms with Gasteiger partial charge in [0.2, 0.25) is 0 Å². The summed E-state index contributed by atoms with van der Waals surface area (Å²) < 4.78 is 0. The molecule has 0 unspecified atom stereocenters. The predicted molar refractivity (Wildman–Crippen MR) is 81.1 cm³/mol. The minimum Gasteiger partial charge on any atom is -0.478 e. The Labute approximate surface area is 125 Å². The average molecular weight is 300 g/mol. The summed E-state index contributed by atoms with van der Waals surface area (Å²) in [6.07, 6.45) is 0.715. The molecule has 0 bridgehead atoms. The summed E-state index contributed by atoms with van der Waals surface area (Å²) in [5.41, 5.74) is 1.26. The van der Waals surface area contributed by atoms with Crippen LogP contribution in [0.15, 0.2) is 36.0 Å². The second-order valence-corrected chi connectivity index (χ2v) is 4.69. The van der Waals surface area contributed by atoms with Crippen LogP contribution in [-0.2, 0) is 14.4 Å². The second-order valence-electron chi connectivity index (χ2n) is 4.69. The Morgan fingerprint density at radius 3 is 1.24 bits per heavy atom. The first-order valence-corrected chi connectivity index (χ1v) is 6.01. The van der Waals surface area contributed by atoms with Crippen LogP contribution in [0.25, 0.3) is 0 Å². The molecule has 0 radical (unpaired) electrons. The first-order chi connectivity index (χ1) is 9.32. The number of rotatable bonds is 4. The molecule has 6 heteroatoms. The number of carboxylic acid groups (broad SMARTS) is 3. The fourth-order valence-corrected chi connectivity index (χ4v) is 0.608. The van der Waals surface area contributed by atoms with Crippen LogP contribution in [-0.4, -0.2) is 33.2 Å². The quantitative estimate of drug-likeness (QED) is 0.543. The van der Waals surface area contributed by atoms with Crippen molar-refractivity contribution in [1.82, 2.24) is 0 Å². The molecular formula is C15H24O6. The van der Waals surface area contributed by atoms with Crippen molar-refractivity contribution in [3.8, 4) is 0 Å². The van der Waals surface area contributed by atoms with Crippen molar-refractivity contribution >= 4 is 17.9 Å². The summed E-state index contributed by atoms with van der Waals surface area (Å²) in [7, 11) is 0. The summed E-state index contributed by atoms with van der Waals surface area (Å²) >= 11 is 0. The zero-order valence-corrected chi connectivity index (χ0v) is 13.1. The van der Waals surface area contributed by atoms with Crippen LogP contribution in [0, 0.1) is 5.92 Å². The SMILES string of the molecule is C=C(C)C.C=C(C)C(=O)O.CC(C)C(=CC(=O)O)C(=O)O. The normalized spacial score (nSPS) is 9.52. The molecule has 0 amide bonds. The molecular weight excluding hydrogens is 276 g/mol. The molecule has 0 aromatic rings. The molecule has 0 heterocycles. The summed E-state index contributed by atoms with van der Waals surface area (Å²) in [5, 5.41) is 24.6. The van der Waals surface area contributed by atoms with Gasteiger partial charge in [-0.15, -0.1) is 6.58 Å². The van der Waals surface area contributed by atoms with Gasteiger partial charge in [0.1, 0.15) is 0 Å². The fourth-order valence-electron chi connectivity index (χ4n) is 0.608. The van der Waals surface area contributed by atoms with Crippen LogP contribution in [0.1, 0.15) is 34.6 Å². The minimum atomic E-state index is -1.23. The highest BCUT2D eigenvalue weighted by Crippen LogP contribution is 2.08.